The van der Waals surface area contributed by atoms with Crippen molar-refractivity contribution >= 4 is 34.1 Å². The standard InChI is InChI=1S/C42H50N6O5/c1-9-26(32-22-43-37(45-32)34-12-10-18-47(34)39(49)52-41(3,4)5)20-29-24-51-36-30(25(29)2)16-14-27-21-28(15-17-31(27)36)33-23-44-38(46-33)35-13-11-19-48(35)40(50)53-42(6,7)8/h9,14-17,20-23,34-35H,2,10-13,18-19,24H2,1,3-8H3,(H,43,45)(H,44,46)/b26-9+,29-20-/t34?,35-/m0/s1. The molecule has 0 radical (unpaired) electrons. The Morgan fingerprint density at radius 1 is 0.887 bits per heavy atom. The SMILES string of the molecule is C=C1/C(=C\C(=C/C)c2cnc(C3CCCN3C(=O)OC(C)(C)C)[nH]2)COc2c1ccc1cc(-c3cnc([C@@H]4CCCN4C(=O)OC(C)(C)C)[nH]3)ccc21. The first kappa shape index (κ1) is 36.1. The molecule has 2 atom stereocenters. The zero-order valence-corrected chi connectivity index (χ0v) is 31.8. The fourth-order valence-corrected chi connectivity index (χ4v) is 7.39. The minimum absolute atomic E-state index is 0.145. The van der Waals surface area contributed by atoms with Crippen LogP contribution in [0.25, 0.3) is 33.2 Å². The van der Waals surface area contributed by atoms with Crippen molar-refractivity contribution in [3.63, 3.8) is 0 Å². The number of carbonyl (C=O) groups excluding carboxylic acids is 2. The number of aromatic amines is 2. The highest BCUT2D eigenvalue weighted by Crippen LogP contribution is 2.42. The number of imidazole rings is 2. The van der Waals surface area contributed by atoms with Gasteiger partial charge < -0.3 is 24.2 Å². The Balaban J connectivity index is 1.07. The second kappa shape index (κ2) is 13.9. The molecule has 2 amide bonds. The zero-order valence-electron chi connectivity index (χ0n) is 31.8. The van der Waals surface area contributed by atoms with E-state index < -0.39 is 11.2 Å². The summed E-state index contributed by atoms with van der Waals surface area (Å²) in [4.78, 5) is 45.7. The van der Waals surface area contributed by atoms with Crippen molar-refractivity contribution in [2.75, 3.05) is 19.7 Å². The highest BCUT2D eigenvalue weighted by Gasteiger charge is 2.36. The number of H-pyrrole nitrogens is 2. The predicted molar refractivity (Wildman–Crippen MR) is 206 cm³/mol. The number of amides is 2. The Kier molecular flexibility index (Phi) is 9.46. The number of rotatable bonds is 5. The van der Waals surface area contributed by atoms with Crippen LogP contribution in [0.1, 0.15) is 109 Å². The number of aromatic nitrogens is 4. The molecule has 11 heteroatoms. The molecule has 5 heterocycles. The maximum absolute atomic E-state index is 12.9. The summed E-state index contributed by atoms with van der Waals surface area (Å²) in [5.74, 6) is 2.33. The van der Waals surface area contributed by atoms with Crippen LogP contribution < -0.4 is 4.74 Å². The molecule has 2 N–H and O–H groups in total. The van der Waals surface area contributed by atoms with Crippen molar-refractivity contribution in [1.29, 1.82) is 0 Å². The molecule has 0 spiro atoms. The van der Waals surface area contributed by atoms with Crippen LogP contribution in [0.15, 0.2) is 67.0 Å². The Morgan fingerprint density at radius 3 is 2.13 bits per heavy atom. The third kappa shape index (κ3) is 7.47. The van der Waals surface area contributed by atoms with E-state index in [-0.39, 0.29) is 24.3 Å². The van der Waals surface area contributed by atoms with Crippen LogP contribution in [0.3, 0.4) is 0 Å². The van der Waals surface area contributed by atoms with Crippen molar-refractivity contribution in [2.24, 2.45) is 0 Å². The lowest BCUT2D eigenvalue weighted by Crippen LogP contribution is -2.36. The summed E-state index contributed by atoms with van der Waals surface area (Å²) in [6.45, 7) is 19.4. The molecule has 3 aliphatic rings. The molecule has 2 saturated heterocycles. The van der Waals surface area contributed by atoms with Gasteiger partial charge >= 0.3 is 12.2 Å². The Hall–Kier alpha value is -5.32. The summed E-state index contributed by atoms with van der Waals surface area (Å²) < 4.78 is 17.8. The maximum Gasteiger partial charge on any atom is 0.410 e. The molecule has 11 nitrogen and oxygen atoms in total. The van der Waals surface area contributed by atoms with Crippen LogP contribution in [-0.4, -0.2) is 72.8 Å². The Labute approximate surface area is 311 Å². The van der Waals surface area contributed by atoms with Crippen LogP contribution in [-0.2, 0) is 9.47 Å². The number of carbonyl (C=O) groups is 2. The predicted octanol–water partition coefficient (Wildman–Crippen LogP) is 9.53. The lowest BCUT2D eigenvalue weighted by atomic mass is 9.91. The van der Waals surface area contributed by atoms with E-state index in [2.05, 4.69) is 57.9 Å². The monoisotopic (exact) mass is 718 g/mol. The van der Waals surface area contributed by atoms with Gasteiger partial charge in [0.1, 0.15) is 35.2 Å². The smallest absolute Gasteiger partial charge is 0.410 e. The van der Waals surface area contributed by atoms with Crippen molar-refractivity contribution in [3.8, 4) is 17.0 Å². The Morgan fingerprint density at radius 2 is 1.51 bits per heavy atom. The number of hydrogen-bond acceptors (Lipinski definition) is 7. The average Bonchev–Trinajstić information content (AvgIpc) is 3.92. The molecule has 1 unspecified atom stereocenters. The first-order valence-corrected chi connectivity index (χ1v) is 18.5. The second-order valence-electron chi connectivity index (χ2n) is 16.1. The van der Waals surface area contributed by atoms with Gasteiger partial charge in [0.05, 0.1) is 35.9 Å². The average molecular weight is 719 g/mol. The minimum atomic E-state index is -0.559. The number of benzene rings is 2. The highest BCUT2D eigenvalue weighted by molar-refractivity contribution is 5.99. The van der Waals surface area contributed by atoms with Gasteiger partial charge in [-0.15, -0.1) is 0 Å². The van der Waals surface area contributed by atoms with Gasteiger partial charge in [-0.05, 0) is 114 Å². The third-order valence-corrected chi connectivity index (χ3v) is 9.90. The van der Waals surface area contributed by atoms with Gasteiger partial charge in [-0.1, -0.05) is 30.9 Å². The summed E-state index contributed by atoms with van der Waals surface area (Å²) in [7, 11) is 0. The molecule has 2 aromatic heterocycles. The van der Waals surface area contributed by atoms with E-state index in [0.717, 1.165) is 93.1 Å². The Bertz CT molecular complexity index is 2130. The number of fused-ring (bicyclic) bond motifs is 3. The molecule has 0 bridgehead atoms. The van der Waals surface area contributed by atoms with E-state index in [9.17, 15) is 9.59 Å². The van der Waals surface area contributed by atoms with Crippen LogP contribution in [0, 0.1) is 0 Å². The quantitative estimate of drug-likeness (QED) is 0.211. The number of ether oxygens (including phenoxy) is 3. The van der Waals surface area contributed by atoms with Gasteiger partial charge in [-0.3, -0.25) is 9.80 Å². The topological polar surface area (TPSA) is 126 Å². The van der Waals surface area contributed by atoms with Gasteiger partial charge in [0.25, 0.3) is 0 Å². The molecular weight excluding hydrogens is 668 g/mol. The summed E-state index contributed by atoms with van der Waals surface area (Å²) in [5, 5.41) is 2.05. The molecule has 278 valence electrons. The number of likely N-dealkylation sites (tertiary alicyclic amines) is 2. The zero-order chi connectivity index (χ0) is 37.7. The summed E-state index contributed by atoms with van der Waals surface area (Å²) in [5.41, 5.74) is 5.44. The molecule has 0 saturated carbocycles. The fourth-order valence-electron chi connectivity index (χ4n) is 7.39. The molecule has 0 aliphatic carbocycles. The minimum Gasteiger partial charge on any atom is -0.488 e. The van der Waals surface area contributed by atoms with Gasteiger partial charge in [0.15, 0.2) is 0 Å². The molecule has 3 aliphatic heterocycles. The van der Waals surface area contributed by atoms with Crippen molar-refractivity contribution in [3.05, 3.63) is 89.9 Å². The van der Waals surface area contributed by atoms with Crippen LogP contribution in [0.4, 0.5) is 9.59 Å². The fraction of sp³-hybridized carbons (Fsp3) is 0.429. The van der Waals surface area contributed by atoms with E-state index in [1.165, 1.54) is 0 Å². The third-order valence-electron chi connectivity index (χ3n) is 9.90. The van der Waals surface area contributed by atoms with E-state index in [4.69, 9.17) is 19.2 Å². The van der Waals surface area contributed by atoms with E-state index in [1.807, 2.05) is 66.9 Å². The highest BCUT2D eigenvalue weighted by atomic mass is 16.6. The lowest BCUT2D eigenvalue weighted by molar-refractivity contribution is 0.0208. The van der Waals surface area contributed by atoms with Gasteiger partial charge in [-0.2, -0.15) is 0 Å². The van der Waals surface area contributed by atoms with Crippen molar-refractivity contribution in [2.45, 2.75) is 97.4 Å². The second-order valence-corrected chi connectivity index (χ2v) is 16.1. The van der Waals surface area contributed by atoms with E-state index >= 15 is 0 Å². The number of nitrogens with zero attached hydrogens (tertiary/aromatic N) is 4. The van der Waals surface area contributed by atoms with Crippen LogP contribution >= 0.6 is 0 Å². The maximum atomic E-state index is 12.9. The van der Waals surface area contributed by atoms with Crippen molar-refractivity contribution < 1.29 is 23.8 Å². The van der Waals surface area contributed by atoms with Gasteiger partial charge in [0.2, 0.25) is 0 Å². The molecule has 4 aromatic rings. The number of allylic oxidation sites excluding steroid dienone is 3. The largest absolute Gasteiger partial charge is 0.488 e. The molecular formula is C42H50N6O5. The summed E-state index contributed by atoms with van der Waals surface area (Å²) in [6.07, 6.45) is 10.6. The first-order chi connectivity index (χ1) is 25.2. The summed E-state index contributed by atoms with van der Waals surface area (Å²) in [6, 6.07) is 10.2. The first-order valence-electron chi connectivity index (χ1n) is 18.5. The van der Waals surface area contributed by atoms with Gasteiger partial charge in [-0.25, -0.2) is 19.6 Å². The molecule has 2 fully saturated rings. The summed E-state index contributed by atoms with van der Waals surface area (Å²) >= 11 is 0. The normalized spacial score (nSPS) is 20.2. The molecule has 7 rings (SSSR count). The van der Waals surface area contributed by atoms with Crippen LogP contribution in [0.5, 0.6) is 5.75 Å². The van der Waals surface area contributed by atoms with E-state index in [0.29, 0.717) is 19.7 Å². The molecule has 2 aromatic carbocycles. The van der Waals surface area contributed by atoms with Crippen molar-refractivity contribution in [1.82, 2.24) is 29.7 Å². The number of hydrogen-bond donors (Lipinski definition) is 2. The van der Waals surface area contributed by atoms with Crippen LogP contribution in [0.2, 0.25) is 0 Å². The van der Waals surface area contributed by atoms with E-state index in [1.54, 1.807) is 9.80 Å². The molecule has 53 heavy (non-hydrogen) atoms. The lowest BCUT2D eigenvalue weighted by Gasteiger charge is -2.27. The van der Waals surface area contributed by atoms with Gasteiger partial charge in [0, 0.05) is 29.6 Å². The number of nitrogens with one attached hydrogen (secondary N) is 2.